The van der Waals surface area contributed by atoms with Crippen molar-refractivity contribution in [3.05, 3.63) is 35.0 Å². The molecule has 1 aliphatic heterocycles. The normalized spacial score (nSPS) is 28.7. The molecule has 5 nitrogen and oxygen atoms in total. The Bertz CT molecular complexity index is 1070. The molecule has 2 heterocycles. The fraction of sp³-hybridized carbons (Fsp3) is 0.577. The van der Waals surface area contributed by atoms with Crippen molar-refractivity contribution in [2.75, 3.05) is 36.0 Å². The van der Waals surface area contributed by atoms with E-state index in [9.17, 15) is 13.6 Å². The lowest BCUT2D eigenvalue weighted by atomic mass is 9.75. The number of anilines is 1. The molecule has 3 aliphatic rings. The minimum Gasteiger partial charge on any atom is -0.370 e. The predicted molar refractivity (Wildman–Crippen MR) is 138 cm³/mol. The second-order valence-electron chi connectivity index (χ2n) is 9.68. The predicted octanol–water partition coefficient (Wildman–Crippen LogP) is 5.44. The lowest BCUT2D eigenvalue weighted by molar-refractivity contribution is -0.127. The van der Waals surface area contributed by atoms with Gasteiger partial charge in [-0.15, -0.1) is 11.3 Å². The number of thioether (sulfide) groups is 1. The summed E-state index contributed by atoms with van der Waals surface area (Å²) in [5, 5.41) is 12.4. The van der Waals surface area contributed by atoms with Gasteiger partial charge in [0, 0.05) is 48.0 Å². The number of nitrogens with zero attached hydrogens (tertiary/aromatic N) is 3. The fourth-order valence-electron chi connectivity index (χ4n) is 5.37. The average molecular weight is 517 g/mol. The number of carbonyl (C=O) groups is 1. The van der Waals surface area contributed by atoms with Crippen LogP contribution >= 0.6 is 23.1 Å². The Labute approximate surface area is 213 Å². The number of nitrogens with one attached hydrogen (secondary N) is 1. The number of aromatic nitrogens is 1. The molecule has 3 fully saturated rings. The smallest absolute Gasteiger partial charge is 0.224 e. The molecular weight excluding hydrogens is 486 g/mol. The summed E-state index contributed by atoms with van der Waals surface area (Å²) in [6.07, 6.45) is 0.220. The number of hydrogen-bond donors (Lipinski definition) is 1. The van der Waals surface area contributed by atoms with Gasteiger partial charge in [0.2, 0.25) is 5.91 Å². The largest absolute Gasteiger partial charge is 0.370 e. The van der Waals surface area contributed by atoms with Crippen LogP contribution in [0.4, 0.5) is 14.5 Å². The van der Waals surface area contributed by atoms with Crippen molar-refractivity contribution in [2.45, 2.75) is 56.3 Å². The van der Waals surface area contributed by atoms with Crippen LogP contribution in [0.5, 0.6) is 0 Å². The Hall–Kier alpha value is -2.18. The van der Waals surface area contributed by atoms with Gasteiger partial charge in [0.25, 0.3) is 0 Å². The minimum atomic E-state index is -1.04. The molecule has 2 saturated carbocycles. The molecule has 2 aromatic rings. The standard InChI is InChI=1S/C26H30F2N4OS2/c27-18-3-6-21(22(15-18)25(33)30-8-7-29)23-24(35-26(31-23)17-13-19(28)14-17)16-1-4-20(5-2-16)32-9-11-34-12-10-32/h1-2,4-5,17-19,21-22H,3,6,8-15H2,(H,30,33)/t17?,18-,19?,21+,22?/m0/s1. The zero-order valence-electron chi connectivity index (χ0n) is 19.6. The maximum absolute atomic E-state index is 14.4. The van der Waals surface area contributed by atoms with E-state index >= 15 is 0 Å². The molecule has 186 valence electrons. The van der Waals surface area contributed by atoms with Crippen molar-refractivity contribution in [3.63, 3.8) is 0 Å². The van der Waals surface area contributed by atoms with Gasteiger partial charge < -0.3 is 10.2 Å². The maximum atomic E-state index is 14.4. The molecule has 5 rings (SSSR count). The molecular formula is C26H30F2N4OS2. The van der Waals surface area contributed by atoms with Gasteiger partial charge in [-0.1, -0.05) is 12.1 Å². The molecule has 2 aliphatic carbocycles. The van der Waals surface area contributed by atoms with Gasteiger partial charge in [0.15, 0.2) is 0 Å². The molecule has 1 unspecified atom stereocenters. The van der Waals surface area contributed by atoms with Gasteiger partial charge in [0.1, 0.15) is 18.9 Å². The van der Waals surface area contributed by atoms with Crippen LogP contribution in [0.1, 0.15) is 54.6 Å². The molecule has 3 atom stereocenters. The Morgan fingerprint density at radius 2 is 1.86 bits per heavy atom. The monoisotopic (exact) mass is 516 g/mol. The first kappa shape index (κ1) is 24.5. The fourth-order valence-corrected chi connectivity index (χ4v) is 7.54. The van der Waals surface area contributed by atoms with Crippen LogP contribution in [-0.2, 0) is 4.79 Å². The number of carbonyl (C=O) groups excluding carboxylic acids is 1. The molecule has 0 spiro atoms. The Kier molecular flexibility index (Phi) is 7.59. The summed E-state index contributed by atoms with van der Waals surface area (Å²) in [7, 11) is 0. The first-order valence-electron chi connectivity index (χ1n) is 12.4. The van der Waals surface area contributed by atoms with Crippen molar-refractivity contribution >= 4 is 34.7 Å². The highest BCUT2D eigenvalue weighted by molar-refractivity contribution is 7.99. The number of halogens is 2. The number of alkyl halides is 2. The van der Waals surface area contributed by atoms with E-state index in [0.717, 1.165) is 45.7 Å². The summed E-state index contributed by atoms with van der Waals surface area (Å²) in [5.74, 6) is 1.30. The summed E-state index contributed by atoms with van der Waals surface area (Å²) in [5.41, 5.74) is 3.07. The highest BCUT2D eigenvalue weighted by atomic mass is 32.2. The summed E-state index contributed by atoms with van der Waals surface area (Å²) in [6.45, 7) is 1.99. The van der Waals surface area contributed by atoms with E-state index in [-0.39, 0.29) is 30.7 Å². The SMILES string of the molecule is N#CCNC(=O)C1C[C@@H](F)CC[C@H]1c1nc(C2CC(F)C2)sc1-c1ccc(N2CCSCC2)cc1. The number of nitriles is 1. The molecule has 1 N–H and O–H groups in total. The van der Waals surface area contributed by atoms with E-state index < -0.39 is 18.3 Å². The van der Waals surface area contributed by atoms with Crippen molar-refractivity contribution in [3.8, 4) is 16.5 Å². The zero-order chi connectivity index (χ0) is 24.4. The van der Waals surface area contributed by atoms with E-state index in [0.29, 0.717) is 25.7 Å². The molecule has 1 amide bonds. The first-order valence-corrected chi connectivity index (χ1v) is 14.4. The van der Waals surface area contributed by atoms with Crippen LogP contribution in [0.25, 0.3) is 10.4 Å². The molecule has 0 radical (unpaired) electrons. The van der Waals surface area contributed by atoms with Crippen LogP contribution in [0.3, 0.4) is 0 Å². The third-order valence-corrected chi connectivity index (χ3v) is 9.65. The van der Waals surface area contributed by atoms with Gasteiger partial charge in [-0.25, -0.2) is 13.8 Å². The molecule has 1 saturated heterocycles. The van der Waals surface area contributed by atoms with E-state index in [2.05, 4.69) is 34.5 Å². The van der Waals surface area contributed by atoms with Gasteiger partial charge in [-0.05, 0) is 49.8 Å². The summed E-state index contributed by atoms with van der Waals surface area (Å²) < 4.78 is 28.0. The van der Waals surface area contributed by atoms with E-state index in [4.69, 9.17) is 10.2 Å². The van der Waals surface area contributed by atoms with Crippen LogP contribution in [0, 0.1) is 17.2 Å². The minimum absolute atomic E-state index is 0.0926. The highest BCUT2D eigenvalue weighted by Crippen LogP contribution is 2.48. The topological polar surface area (TPSA) is 69.0 Å². The second kappa shape index (κ2) is 10.8. The molecule has 1 aromatic carbocycles. The number of thiazole rings is 1. The third-order valence-electron chi connectivity index (χ3n) is 7.42. The van der Waals surface area contributed by atoms with E-state index in [1.165, 1.54) is 5.69 Å². The molecule has 1 aromatic heterocycles. The highest BCUT2D eigenvalue weighted by Gasteiger charge is 2.40. The van der Waals surface area contributed by atoms with Crippen molar-refractivity contribution in [1.82, 2.24) is 10.3 Å². The molecule has 9 heteroatoms. The number of benzene rings is 1. The lowest BCUT2D eigenvalue weighted by Gasteiger charge is -2.32. The van der Waals surface area contributed by atoms with Crippen LogP contribution < -0.4 is 10.2 Å². The van der Waals surface area contributed by atoms with Gasteiger partial charge in [-0.3, -0.25) is 4.79 Å². The van der Waals surface area contributed by atoms with Crippen molar-refractivity contribution < 1.29 is 13.6 Å². The third kappa shape index (κ3) is 5.34. The van der Waals surface area contributed by atoms with Crippen LogP contribution in [0.15, 0.2) is 24.3 Å². The summed E-state index contributed by atoms with van der Waals surface area (Å²) in [4.78, 5) is 21.3. The number of rotatable bonds is 6. The number of hydrogen-bond acceptors (Lipinski definition) is 6. The Balaban J connectivity index is 1.47. The maximum Gasteiger partial charge on any atom is 0.224 e. The zero-order valence-corrected chi connectivity index (χ0v) is 21.2. The van der Waals surface area contributed by atoms with E-state index in [1.807, 2.05) is 17.8 Å². The summed E-state index contributed by atoms with van der Waals surface area (Å²) >= 11 is 3.57. The van der Waals surface area contributed by atoms with E-state index in [1.54, 1.807) is 11.3 Å². The van der Waals surface area contributed by atoms with Crippen molar-refractivity contribution in [1.29, 1.82) is 5.26 Å². The second-order valence-corrected chi connectivity index (χ2v) is 11.9. The first-order chi connectivity index (χ1) is 17.0. The average Bonchev–Trinajstić information content (AvgIpc) is 3.30. The van der Waals surface area contributed by atoms with Crippen LogP contribution in [0.2, 0.25) is 0 Å². The quantitative estimate of drug-likeness (QED) is 0.518. The lowest BCUT2D eigenvalue weighted by Crippen LogP contribution is -2.38. The summed E-state index contributed by atoms with van der Waals surface area (Å²) in [6, 6.07) is 10.4. The van der Waals surface area contributed by atoms with Crippen molar-refractivity contribution in [2.24, 2.45) is 5.92 Å². The number of amides is 1. The Morgan fingerprint density at radius 3 is 2.54 bits per heavy atom. The van der Waals surface area contributed by atoms with Crippen LogP contribution in [-0.4, -0.2) is 54.4 Å². The van der Waals surface area contributed by atoms with Gasteiger partial charge >= 0.3 is 0 Å². The van der Waals surface area contributed by atoms with Gasteiger partial charge in [-0.2, -0.15) is 17.0 Å². The molecule has 0 bridgehead atoms. The van der Waals surface area contributed by atoms with Gasteiger partial charge in [0.05, 0.1) is 21.6 Å². The molecule has 35 heavy (non-hydrogen) atoms. The Morgan fingerprint density at radius 1 is 1.11 bits per heavy atom.